The number of fused-ring (bicyclic) bond motifs is 1. The van der Waals surface area contributed by atoms with E-state index >= 15 is 0 Å². The van der Waals surface area contributed by atoms with Crippen LogP contribution in [0.5, 0.6) is 0 Å². The fourth-order valence-corrected chi connectivity index (χ4v) is 2.19. The van der Waals surface area contributed by atoms with E-state index in [1.807, 2.05) is 12.1 Å². The number of H-pyrrole nitrogens is 1. The largest absolute Gasteiger partial charge is 0.325 e. The smallest absolute Gasteiger partial charge is 0.267 e. The molecular formula is C12H11N3O. The SMILES string of the molecule is N#Cc1c2c([nH]c(=O)c1C#N)CCCCC2. The molecule has 0 spiro atoms. The maximum Gasteiger partial charge on any atom is 0.267 e. The highest BCUT2D eigenvalue weighted by Gasteiger charge is 2.18. The van der Waals surface area contributed by atoms with Gasteiger partial charge >= 0.3 is 0 Å². The van der Waals surface area contributed by atoms with Gasteiger partial charge in [0.25, 0.3) is 5.56 Å². The highest BCUT2D eigenvalue weighted by molar-refractivity contribution is 5.51. The third kappa shape index (κ3) is 1.59. The molecule has 1 aliphatic rings. The second kappa shape index (κ2) is 4.20. The van der Waals surface area contributed by atoms with Crippen molar-refractivity contribution in [1.82, 2.24) is 4.98 Å². The number of aryl methyl sites for hydroxylation is 1. The van der Waals surface area contributed by atoms with E-state index in [1.165, 1.54) is 0 Å². The van der Waals surface area contributed by atoms with Crippen LogP contribution in [-0.2, 0) is 12.8 Å². The third-order valence-electron chi connectivity index (χ3n) is 2.98. The first-order valence-corrected chi connectivity index (χ1v) is 5.36. The maximum absolute atomic E-state index is 11.6. The van der Waals surface area contributed by atoms with Crippen LogP contribution < -0.4 is 5.56 Å². The van der Waals surface area contributed by atoms with Gasteiger partial charge in [-0.3, -0.25) is 4.79 Å². The molecule has 0 saturated carbocycles. The van der Waals surface area contributed by atoms with Crippen LogP contribution in [0, 0.1) is 22.7 Å². The molecule has 0 saturated heterocycles. The van der Waals surface area contributed by atoms with E-state index in [-0.39, 0.29) is 11.1 Å². The minimum atomic E-state index is -0.431. The molecular weight excluding hydrogens is 202 g/mol. The number of nitrogens with one attached hydrogen (secondary N) is 1. The number of aromatic amines is 1. The van der Waals surface area contributed by atoms with E-state index in [9.17, 15) is 4.79 Å². The number of nitriles is 2. The number of hydrogen-bond acceptors (Lipinski definition) is 3. The van der Waals surface area contributed by atoms with E-state index < -0.39 is 5.56 Å². The molecule has 0 bridgehead atoms. The molecule has 0 amide bonds. The summed E-state index contributed by atoms with van der Waals surface area (Å²) >= 11 is 0. The Bertz CT molecular complexity index is 557. The quantitative estimate of drug-likeness (QED) is 0.661. The van der Waals surface area contributed by atoms with E-state index in [4.69, 9.17) is 10.5 Å². The zero-order valence-electron chi connectivity index (χ0n) is 8.84. The summed E-state index contributed by atoms with van der Waals surface area (Å²) in [6.07, 6.45) is 4.72. The first-order chi connectivity index (χ1) is 7.77. The molecule has 1 heterocycles. The lowest BCUT2D eigenvalue weighted by molar-refractivity contribution is 0.708. The van der Waals surface area contributed by atoms with Crippen molar-refractivity contribution in [2.24, 2.45) is 0 Å². The number of rotatable bonds is 0. The van der Waals surface area contributed by atoms with Gasteiger partial charge in [-0.2, -0.15) is 10.5 Å². The van der Waals surface area contributed by atoms with Crippen LogP contribution in [0.25, 0.3) is 0 Å². The zero-order valence-corrected chi connectivity index (χ0v) is 8.84. The van der Waals surface area contributed by atoms with Crippen LogP contribution in [-0.4, -0.2) is 4.98 Å². The van der Waals surface area contributed by atoms with Crippen LogP contribution in [0.15, 0.2) is 4.79 Å². The van der Waals surface area contributed by atoms with Crippen LogP contribution in [0.2, 0.25) is 0 Å². The maximum atomic E-state index is 11.6. The van der Waals surface area contributed by atoms with E-state index in [0.717, 1.165) is 43.4 Å². The number of hydrogen-bond donors (Lipinski definition) is 1. The number of nitrogens with zero attached hydrogens (tertiary/aromatic N) is 2. The van der Waals surface area contributed by atoms with Crippen LogP contribution >= 0.6 is 0 Å². The molecule has 80 valence electrons. The van der Waals surface area contributed by atoms with Crippen molar-refractivity contribution in [1.29, 1.82) is 10.5 Å². The van der Waals surface area contributed by atoms with Crippen molar-refractivity contribution in [3.63, 3.8) is 0 Å². The van der Waals surface area contributed by atoms with Gasteiger partial charge in [0.2, 0.25) is 0 Å². The molecule has 0 atom stereocenters. The predicted octanol–water partition coefficient (Wildman–Crippen LogP) is 1.39. The third-order valence-corrected chi connectivity index (χ3v) is 2.98. The molecule has 0 fully saturated rings. The first kappa shape index (κ1) is 10.4. The first-order valence-electron chi connectivity index (χ1n) is 5.36. The highest BCUT2D eigenvalue weighted by Crippen LogP contribution is 2.22. The monoisotopic (exact) mass is 213 g/mol. The molecule has 0 unspecified atom stereocenters. The van der Waals surface area contributed by atoms with Gasteiger partial charge in [0.05, 0.1) is 5.56 Å². The lowest BCUT2D eigenvalue weighted by atomic mass is 9.99. The Morgan fingerprint density at radius 1 is 1.00 bits per heavy atom. The summed E-state index contributed by atoms with van der Waals surface area (Å²) in [5.74, 6) is 0. The number of pyridine rings is 1. The van der Waals surface area contributed by atoms with Crippen molar-refractivity contribution >= 4 is 0 Å². The Labute approximate surface area is 93.1 Å². The van der Waals surface area contributed by atoms with E-state index in [2.05, 4.69) is 4.98 Å². The summed E-state index contributed by atoms with van der Waals surface area (Å²) in [4.78, 5) is 14.3. The topological polar surface area (TPSA) is 80.4 Å². The summed E-state index contributed by atoms with van der Waals surface area (Å²) in [6.45, 7) is 0. The minimum Gasteiger partial charge on any atom is -0.325 e. The average molecular weight is 213 g/mol. The average Bonchev–Trinajstić information content (AvgIpc) is 2.52. The normalized spacial score (nSPS) is 14.4. The highest BCUT2D eigenvalue weighted by atomic mass is 16.1. The van der Waals surface area contributed by atoms with Gasteiger partial charge in [-0.05, 0) is 31.2 Å². The van der Waals surface area contributed by atoms with Crippen molar-refractivity contribution in [2.45, 2.75) is 32.1 Å². The van der Waals surface area contributed by atoms with Gasteiger partial charge < -0.3 is 4.98 Å². The molecule has 4 heteroatoms. The summed E-state index contributed by atoms with van der Waals surface area (Å²) in [5.41, 5.74) is 1.53. The van der Waals surface area contributed by atoms with Gasteiger partial charge in [0, 0.05) is 5.69 Å². The molecule has 16 heavy (non-hydrogen) atoms. The molecule has 1 aromatic heterocycles. The van der Waals surface area contributed by atoms with Gasteiger partial charge in [-0.1, -0.05) is 6.42 Å². The van der Waals surface area contributed by atoms with Crippen molar-refractivity contribution in [2.75, 3.05) is 0 Å². The van der Waals surface area contributed by atoms with Gasteiger partial charge in [-0.25, -0.2) is 0 Å². The molecule has 4 nitrogen and oxygen atoms in total. The summed E-state index contributed by atoms with van der Waals surface area (Å²) < 4.78 is 0. The molecule has 1 aromatic rings. The summed E-state index contributed by atoms with van der Waals surface area (Å²) in [7, 11) is 0. The lowest BCUT2D eigenvalue weighted by Crippen LogP contribution is -2.17. The van der Waals surface area contributed by atoms with Gasteiger partial charge in [-0.15, -0.1) is 0 Å². The van der Waals surface area contributed by atoms with Crippen molar-refractivity contribution < 1.29 is 0 Å². The van der Waals surface area contributed by atoms with Crippen LogP contribution in [0.1, 0.15) is 41.6 Å². The zero-order chi connectivity index (χ0) is 11.5. The molecule has 0 radical (unpaired) electrons. The molecule has 2 rings (SSSR count). The molecule has 0 aliphatic heterocycles. The Morgan fingerprint density at radius 2 is 1.69 bits per heavy atom. The van der Waals surface area contributed by atoms with E-state index in [1.54, 1.807) is 0 Å². The fraction of sp³-hybridized carbons (Fsp3) is 0.417. The number of aromatic nitrogens is 1. The Hall–Kier alpha value is -2.07. The van der Waals surface area contributed by atoms with Crippen molar-refractivity contribution in [3.05, 3.63) is 32.7 Å². The summed E-state index contributed by atoms with van der Waals surface area (Å²) in [5, 5.41) is 17.9. The molecule has 1 aliphatic carbocycles. The predicted molar refractivity (Wildman–Crippen MR) is 57.8 cm³/mol. The van der Waals surface area contributed by atoms with Crippen LogP contribution in [0.3, 0.4) is 0 Å². The van der Waals surface area contributed by atoms with Gasteiger partial charge in [0.1, 0.15) is 17.7 Å². The van der Waals surface area contributed by atoms with E-state index in [0.29, 0.717) is 0 Å². The Balaban J connectivity index is 2.74. The van der Waals surface area contributed by atoms with Gasteiger partial charge in [0.15, 0.2) is 0 Å². The lowest BCUT2D eigenvalue weighted by Gasteiger charge is -2.07. The summed E-state index contributed by atoms with van der Waals surface area (Å²) in [6, 6.07) is 3.82. The molecule has 1 N–H and O–H groups in total. The minimum absolute atomic E-state index is 0.0388. The second-order valence-electron chi connectivity index (χ2n) is 3.95. The Kier molecular flexibility index (Phi) is 2.74. The molecule has 0 aromatic carbocycles. The standard InChI is InChI=1S/C12H11N3O/c13-6-9-8-4-2-1-3-5-11(8)15-12(16)10(9)7-14/h1-5H2,(H,15,16). The van der Waals surface area contributed by atoms with Crippen LogP contribution in [0.4, 0.5) is 0 Å². The Morgan fingerprint density at radius 3 is 2.38 bits per heavy atom. The fourth-order valence-electron chi connectivity index (χ4n) is 2.19. The van der Waals surface area contributed by atoms with Crippen molar-refractivity contribution in [3.8, 4) is 12.1 Å². The second-order valence-corrected chi connectivity index (χ2v) is 3.95.